The summed E-state index contributed by atoms with van der Waals surface area (Å²) in [4.78, 5) is 33.0. The van der Waals surface area contributed by atoms with E-state index in [1.54, 1.807) is 6.20 Å². The van der Waals surface area contributed by atoms with Crippen molar-refractivity contribution in [3.8, 4) is 11.1 Å². The van der Waals surface area contributed by atoms with Gasteiger partial charge in [-0.2, -0.15) is 18.3 Å². The monoisotopic (exact) mass is 489 g/mol. The van der Waals surface area contributed by atoms with Crippen LogP contribution in [0.1, 0.15) is 27.8 Å². The standard InChI is InChI=1S/C20H17N5OS.C2HF3O2/c26-20(17-4-2-10-27-17)24-9-7-16(12-24)19-22-18-6-5-15(13-25(18)23-19)14-3-1-8-21-11-14;3-2(4,5)1(6)7/h1-6,8,10-11,13,16H,7,9,12H2;(H,6,7). The number of carboxylic acid groups (broad SMARTS) is 1. The number of hydrogen-bond acceptors (Lipinski definition) is 6. The number of aromatic nitrogens is 4. The Morgan fingerprint density at radius 2 is 1.91 bits per heavy atom. The van der Waals surface area contributed by atoms with E-state index < -0.39 is 12.1 Å². The van der Waals surface area contributed by atoms with E-state index in [2.05, 4.69) is 15.1 Å². The lowest BCUT2D eigenvalue weighted by Gasteiger charge is -2.14. The zero-order chi connectivity index (χ0) is 24.3. The molecule has 176 valence electrons. The number of aliphatic carboxylic acids is 1. The minimum Gasteiger partial charge on any atom is -0.475 e. The number of hydrogen-bond donors (Lipinski definition) is 1. The smallest absolute Gasteiger partial charge is 0.475 e. The molecule has 0 aromatic carbocycles. The summed E-state index contributed by atoms with van der Waals surface area (Å²) in [5.74, 6) is -1.67. The first-order valence-corrected chi connectivity index (χ1v) is 11.0. The molecule has 0 bridgehead atoms. The van der Waals surface area contributed by atoms with Gasteiger partial charge in [-0.05, 0) is 36.1 Å². The highest BCUT2D eigenvalue weighted by molar-refractivity contribution is 7.12. The molecule has 34 heavy (non-hydrogen) atoms. The number of carboxylic acids is 1. The molecular weight excluding hydrogens is 471 g/mol. The van der Waals surface area contributed by atoms with E-state index >= 15 is 0 Å². The topological polar surface area (TPSA) is 101 Å². The molecule has 1 atom stereocenters. The summed E-state index contributed by atoms with van der Waals surface area (Å²) in [5.41, 5.74) is 2.92. The Bertz CT molecular complexity index is 1290. The number of carbonyl (C=O) groups excluding carboxylic acids is 1. The fourth-order valence-electron chi connectivity index (χ4n) is 3.49. The molecule has 8 nitrogen and oxygen atoms in total. The van der Waals surface area contributed by atoms with Crippen molar-refractivity contribution in [1.29, 1.82) is 0 Å². The fraction of sp³-hybridized carbons (Fsp3) is 0.227. The highest BCUT2D eigenvalue weighted by Gasteiger charge is 2.38. The summed E-state index contributed by atoms with van der Waals surface area (Å²) in [5, 5.41) is 13.7. The Hall–Kier alpha value is -3.80. The summed E-state index contributed by atoms with van der Waals surface area (Å²) in [6.07, 6.45) is 1.39. The molecule has 4 aromatic heterocycles. The van der Waals surface area contributed by atoms with Gasteiger partial charge in [-0.15, -0.1) is 11.3 Å². The van der Waals surface area contributed by atoms with Crippen LogP contribution in [0.3, 0.4) is 0 Å². The number of rotatable bonds is 3. The van der Waals surface area contributed by atoms with E-state index in [1.165, 1.54) is 11.3 Å². The van der Waals surface area contributed by atoms with Gasteiger partial charge in [0.15, 0.2) is 11.5 Å². The van der Waals surface area contributed by atoms with Crippen LogP contribution in [0.2, 0.25) is 0 Å². The van der Waals surface area contributed by atoms with E-state index in [9.17, 15) is 18.0 Å². The van der Waals surface area contributed by atoms with Gasteiger partial charge in [0.1, 0.15) is 0 Å². The zero-order valence-corrected chi connectivity index (χ0v) is 18.3. The summed E-state index contributed by atoms with van der Waals surface area (Å²) in [7, 11) is 0. The first-order valence-electron chi connectivity index (χ1n) is 10.1. The molecule has 0 aliphatic carbocycles. The van der Waals surface area contributed by atoms with Crippen molar-refractivity contribution in [2.75, 3.05) is 13.1 Å². The van der Waals surface area contributed by atoms with Crippen LogP contribution in [0.5, 0.6) is 0 Å². The van der Waals surface area contributed by atoms with Crippen LogP contribution in [0.4, 0.5) is 13.2 Å². The van der Waals surface area contributed by atoms with E-state index in [0.717, 1.165) is 40.4 Å². The van der Waals surface area contributed by atoms with Crippen LogP contribution in [-0.2, 0) is 4.79 Å². The van der Waals surface area contributed by atoms with Gasteiger partial charge in [-0.3, -0.25) is 9.78 Å². The lowest BCUT2D eigenvalue weighted by Crippen LogP contribution is -2.27. The molecular formula is C22H18F3N5O3S. The van der Waals surface area contributed by atoms with Crippen molar-refractivity contribution in [2.45, 2.75) is 18.5 Å². The third kappa shape index (κ3) is 5.22. The molecule has 12 heteroatoms. The van der Waals surface area contributed by atoms with Gasteiger partial charge in [-0.1, -0.05) is 12.1 Å². The van der Waals surface area contributed by atoms with Gasteiger partial charge in [0.25, 0.3) is 5.91 Å². The second-order valence-electron chi connectivity index (χ2n) is 7.45. The lowest BCUT2D eigenvalue weighted by atomic mass is 10.1. The lowest BCUT2D eigenvalue weighted by molar-refractivity contribution is -0.192. The van der Waals surface area contributed by atoms with Gasteiger partial charge < -0.3 is 10.0 Å². The van der Waals surface area contributed by atoms with Crippen molar-refractivity contribution in [2.24, 2.45) is 0 Å². The third-order valence-electron chi connectivity index (χ3n) is 5.16. The third-order valence-corrected chi connectivity index (χ3v) is 6.02. The SMILES string of the molecule is O=C(O)C(F)(F)F.O=C(c1cccs1)N1CCC(c2nc3ccc(-c4cccnc4)cn3n2)C1. The predicted molar refractivity (Wildman–Crippen MR) is 117 cm³/mol. The normalized spacial score (nSPS) is 15.7. The molecule has 0 saturated carbocycles. The number of amides is 1. The number of halogens is 3. The van der Waals surface area contributed by atoms with E-state index in [4.69, 9.17) is 9.90 Å². The number of pyridine rings is 2. The maximum atomic E-state index is 12.5. The second-order valence-corrected chi connectivity index (χ2v) is 8.40. The molecule has 1 aliphatic heterocycles. The van der Waals surface area contributed by atoms with Crippen molar-refractivity contribution in [1.82, 2.24) is 24.5 Å². The molecule has 1 amide bonds. The van der Waals surface area contributed by atoms with Crippen LogP contribution < -0.4 is 0 Å². The zero-order valence-electron chi connectivity index (χ0n) is 17.5. The molecule has 5 rings (SSSR count). The largest absolute Gasteiger partial charge is 0.490 e. The van der Waals surface area contributed by atoms with Crippen LogP contribution in [0, 0.1) is 0 Å². The molecule has 0 radical (unpaired) electrons. The first kappa shape index (κ1) is 23.4. The summed E-state index contributed by atoms with van der Waals surface area (Å²) in [6.45, 7) is 1.42. The average molecular weight is 489 g/mol. The van der Waals surface area contributed by atoms with Crippen molar-refractivity contribution in [3.05, 3.63) is 71.1 Å². The van der Waals surface area contributed by atoms with Crippen LogP contribution >= 0.6 is 11.3 Å². The molecule has 4 aromatic rings. The van der Waals surface area contributed by atoms with Crippen LogP contribution in [0.15, 0.2) is 60.4 Å². The van der Waals surface area contributed by atoms with Gasteiger partial charge in [-0.25, -0.2) is 14.3 Å². The number of carbonyl (C=O) groups is 2. The Morgan fingerprint density at radius 1 is 1.12 bits per heavy atom. The number of nitrogens with zero attached hydrogens (tertiary/aromatic N) is 5. The van der Waals surface area contributed by atoms with Crippen molar-refractivity contribution < 1.29 is 27.9 Å². The predicted octanol–water partition coefficient (Wildman–Crippen LogP) is 4.12. The average Bonchev–Trinajstić information content (AvgIpc) is 3.59. The van der Waals surface area contributed by atoms with Gasteiger partial charge >= 0.3 is 12.1 Å². The molecule has 1 saturated heterocycles. The molecule has 1 unspecified atom stereocenters. The van der Waals surface area contributed by atoms with E-state index in [-0.39, 0.29) is 11.8 Å². The van der Waals surface area contributed by atoms with Crippen LogP contribution in [0.25, 0.3) is 16.8 Å². The fourth-order valence-corrected chi connectivity index (χ4v) is 4.18. The Morgan fingerprint density at radius 3 is 2.56 bits per heavy atom. The van der Waals surface area contributed by atoms with Gasteiger partial charge in [0.05, 0.1) is 4.88 Å². The van der Waals surface area contributed by atoms with E-state index in [0.29, 0.717) is 6.54 Å². The summed E-state index contributed by atoms with van der Waals surface area (Å²) in [6, 6.07) is 11.7. The van der Waals surface area contributed by atoms with E-state index in [1.807, 2.05) is 63.6 Å². The van der Waals surface area contributed by atoms with Crippen LogP contribution in [-0.4, -0.2) is 60.7 Å². The minimum absolute atomic E-state index is 0.107. The van der Waals surface area contributed by atoms with Gasteiger partial charge in [0, 0.05) is 48.7 Å². The van der Waals surface area contributed by atoms with Crippen molar-refractivity contribution >= 4 is 28.9 Å². The number of thiophene rings is 1. The maximum absolute atomic E-state index is 12.5. The Labute approximate surface area is 195 Å². The van der Waals surface area contributed by atoms with Gasteiger partial charge in [0.2, 0.25) is 0 Å². The highest BCUT2D eigenvalue weighted by atomic mass is 32.1. The molecule has 5 heterocycles. The quantitative estimate of drug-likeness (QED) is 0.465. The number of fused-ring (bicyclic) bond motifs is 1. The highest BCUT2D eigenvalue weighted by Crippen LogP contribution is 2.28. The molecule has 1 aliphatic rings. The second kappa shape index (κ2) is 9.59. The maximum Gasteiger partial charge on any atom is 0.490 e. The Balaban J connectivity index is 0.000000344. The summed E-state index contributed by atoms with van der Waals surface area (Å²) < 4.78 is 33.6. The molecule has 1 N–H and O–H groups in total. The first-order chi connectivity index (χ1) is 16.2. The molecule has 0 spiro atoms. The minimum atomic E-state index is -5.08. The number of likely N-dealkylation sites (tertiary alicyclic amines) is 1. The summed E-state index contributed by atoms with van der Waals surface area (Å²) >= 11 is 1.49. The van der Waals surface area contributed by atoms with Crippen molar-refractivity contribution in [3.63, 3.8) is 0 Å². The Kier molecular flexibility index (Phi) is 6.59. The number of alkyl halides is 3. The molecule has 1 fully saturated rings.